The predicted octanol–water partition coefficient (Wildman–Crippen LogP) is 1.80. The lowest BCUT2D eigenvalue weighted by Gasteiger charge is -2.32. The Kier molecular flexibility index (Phi) is 4.02. The van der Waals surface area contributed by atoms with Gasteiger partial charge in [-0.15, -0.1) is 0 Å². The summed E-state index contributed by atoms with van der Waals surface area (Å²) in [4.78, 5) is 0. The minimum absolute atomic E-state index is 0.513. The Morgan fingerprint density at radius 2 is 2.17 bits per heavy atom. The average Bonchev–Trinajstić information content (AvgIpc) is 2.17. The fourth-order valence-corrected chi connectivity index (χ4v) is 2.08. The summed E-state index contributed by atoms with van der Waals surface area (Å²) in [7, 11) is 3.87. The summed E-state index contributed by atoms with van der Waals surface area (Å²) in [5.41, 5.74) is 0. The molecule has 72 valence electrons. The Bertz CT molecular complexity index is 125. The van der Waals surface area contributed by atoms with Crippen LogP contribution in [0, 0.1) is 5.92 Å². The molecule has 0 heterocycles. The first-order valence-corrected chi connectivity index (χ1v) is 4.98. The molecule has 1 fully saturated rings. The van der Waals surface area contributed by atoms with E-state index in [0.29, 0.717) is 12.1 Å². The SMILES string of the molecule is CNC(C)C1CCCC(OC)C1. The maximum Gasteiger partial charge on any atom is 0.0574 e. The standard InChI is InChI=1S/C10H21NO/c1-8(11-2)9-5-4-6-10(7-9)12-3/h8-11H,4-7H2,1-3H3. The van der Waals surface area contributed by atoms with Gasteiger partial charge in [-0.2, -0.15) is 0 Å². The van der Waals surface area contributed by atoms with Crippen molar-refractivity contribution in [3.8, 4) is 0 Å². The minimum atomic E-state index is 0.513. The largest absolute Gasteiger partial charge is 0.381 e. The highest BCUT2D eigenvalue weighted by molar-refractivity contribution is 4.79. The fraction of sp³-hybridized carbons (Fsp3) is 1.00. The van der Waals surface area contributed by atoms with E-state index in [9.17, 15) is 0 Å². The molecule has 0 aromatic rings. The van der Waals surface area contributed by atoms with Crippen LogP contribution in [0.3, 0.4) is 0 Å². The van der Waals surface area contributed by atoms with Crippen LogP contribution in [-0.2, 0) is 4.74 Å². The Hall–Kier alpha value is -0.0800. The first kappa shape index (κ1) is 10.0. The summed E-state index contributed by atoms with van der Waals surface area (Å²) >= 11 is 0. The molecule has 0 bridgehead atoms. The van der Waals surface area contributed by atoms with E-state index >= 15 is 0 Å². The topological polar surface area (TPSA) is 21.3 Å². The second kappa shape index (κ2) is 4.83. The van der Waals surface area contributed by atoms with E-state index < -0.39 is 0 Å². The lowest BCUT2D eigenvalue weighted by molar-refractivity contribution is 0.0442. The van der Waals surface area contributed by atoms with E-state index in [1.54, 1.807) is 0 Å². The Labute approximate surface area is 75.7 Å². The molecule has 0 radical (unpaired) electrons. The van der Waals surface area contributed by atoms with Crippen LogP contribution in [0.1, 0.15) is 32.6 Å². The number of methoxy groups -OCH3 is 1. The molecule has 2 heteroatoms. The maximum atomic E-state index is 5.39. The summed E-state index contributed by atoms with van der Waals surface area (Å²) in [6.07, 6.45) is 5.69. The smallest absolute Gasteiger partial charge is 0.0574 e. The number of hydrogen-bond donors (Lipinski definition) is 1. The lowest BCUT2D eigenvalue weighted by atomic mass is 9.83. The second-order valence-electron chi connectivity index (χ2n) is 3.86. The second-order valence-corrected chi connectivity index (χ2v) is 3.86. The molecule has 3 unspecified atom stereocenters. The molecular formula is C10H21NO. The van der Waals surface area contributed by atoms with Gasteiger partial charge in [-0.05, 0) is 39.2 Å². The van der Waals surface area contributed by atoms with E-state index in [-0.39, 0.29) is 0 Å². The van der Waals surface area contributed by atoms with Crippen LogP contribution in [-0.4, -0.2) is 26.3 Å². The molecule has 0 amide bonds. The van der Waals surface area contributed by atoms with Crippen LogP contribution >= 0.6 is 0 Å². The molecule has 0 spiro atoms. The van der Waals surface area contributed by atoms with Gasteiger partial charge in [-0.1, -0.05) is 6.42 Å². The van der Waals surface area contributed by atoms with Crippen molar-refractivity contribution in [3.05, 3.63) is 0 Å². The Morgan fingerprint density at radius 1 is 1.42 bits per heavy atom. The zero-order valence-corrected chi connectivity index (χ0v) is 8.47. The van der Waals surface area contributed by atoms with Crippen molar-refractivity contribution >= 4 is 0 Å². The summed E-state index contributed by atoms with van der Waals surface area (Å²) in [5, 5.41) is 3.32. The van der Waals surface area contributed by atoms with Crippen LogP contribution in [0.2, 0.25) is 0 Å². The number of rotatable bonds is 3. The van der Waals surface area contributed by atoms with Gasteiger partial charge >= 0.3 is 0 Å². The summed E-state index contributed by atoms with van der Waals surface area (Å²) in [5.74, 6) is 0.814. The van der Waals surface area contributed by atoms with Crippen LogP contribution in [0.15, 0.2) is 0 Å². The molecular weight excluding hydrogens is 150 g/mol. The summed E-state index contributed by atoms with van der Waals surface area (Å²) in [6.45, 7) is 2.27. The van der Waals surface area contributed by atoms with Gasteiger partial charge in [0.25, 0.3) is 0 Å². The molecule has 0 saturated heterocycles. The highest BCUT2D eigenvalue weighted by atomic mass is 16.5. The normalized spacial score (nSPS) is 33.2. The molecule has 1 aliphatic rings. The van der Waals surface area contributed by atoms with Gasteiger partial charge in [0, 0.05) is 13.2 Å². The maximum absolute atomic E-state index is 5.39. The van der Waals surface area contributed by atoms with Crippen molar-refractivity contribution in [3.63, 3.8) is 0 Å². The quantitative estimate of drug-likeness (QED) is 0.699. The van der Waals surface area contributed by atoms with Gasteiger partial charge in [-0.3, -0.25) is 0 Å². The highest BCUT2D eigenvalue weighted by Gasteiger charge is 2.24. The van der Waals surface area contributed by atoms with Gasteiger partial charge in [0.15, 0.2) is 0 Å². The van der Waals surface area contributed by atoms with Crippen molar-refractivity contribution < 1.29 is 4.74 Å². The van der Waals surface area contributed by atoms with Gasteiger partial charge in [0.2, 0.25) is 0 Å². The molecule has 0 aliphatic heterocycles. The van der Waals surface area contributed by atoms with E-state index in [2.05, 4.69) is 12.2 Å². The number of nitrogens with one attached hydrogen (secondary N) is 1. The predicted molar refractivity (Wildman–Crippen MR) is 51.3 cm³/mol. The third kappa shape index (κ3) is 2.46. The molecule has 0 aromatic carbocycles. The van der Waals surface area contributed by atoms with Crippen molar-refractivity contribution in [1.29, 1.82) is 0 Å². The van der Waals surface area contributed by atoms with Crippen molar-refractivity contribution in [2.75, 3.05) is 14.2 Å². The van der Waals surface area contributed by atoms with E-state index in [1.807, 2.05) is 14.2 Å². The van der Waals surface area contributed by atoms with E-state index in [0.717, 1.165) is 5.92 Å². The number of ether oxygens (including phenoxy) is 1. The molecule has 2 nitrogen and oxygen atoms in total. The van der Waals surface area contributed by atoms with Gasteiger partial charge in [0.05, 0.1) is 6.10 Å². The Morgan fingerprint density at radius 3 is 2.75 bits per heavy atom. The molecule has 1 N–H and O–H groups in total. The van der Waals surface area contributed by atoms with Gasteiger partial charge in [-0.25, -0.2) is 0 Å². The monoisotopic (exact) mass is 171 g/mol. The van der Waals surface area contributed by atoms with Crippen molar-refractivity contribution in [1.82, 2.24) is 5.32 Å². The Balaban J connectivity index is 2.34. The van der Waals surface area contributed by atoms with Crippen LogP contribution in [0.5, 0.6) is 0 Å². The first-order chi connectivity index (χ1) is 5.77. The zero-order chi connectivity index (χ0) is 8.97. The van der Waals surface area contributed by atoms with Gasteiger partial charge in [0.1, 0.15) is 0 Å². The first-order valence-electron chi connectivity index (χ1n) is 4.98. The minimum Gasteiger partial charge on any atom is -0.381 e. The van der Waals surface area contributed by atoms with Crippen molar-refractivity contribution in [2.24, 2.45) is 5.92 Å². The van der Waals surface area contributed by atoms with Crippen LogP contribution in [0.4, 0.5) is 0 Å². The van der Waals surface area contributed by atoms with Gasteiger partial charge < -0.3 is 10.1 Å². The summed E-state index contributed by atoms with van der Waals surface area (Å²) < 4.78 is 5.39. The molecule has 12 heavy (non-hydrogen) atoms. The molecule has 1 saturated carbocycles. The van der Waals surface area contributed by atoms with Crippen LogP contribution < -0.4 is 5.32 Å². The molecule has 1 aliphatic carbocycles. The highest BCUT2D eigenvalue weighted by Crippen LogP contribution is 2.28. The molecule has 1 rings (SSSR count). The third-order valence-corrected chi connectivity index (χ3v) is 3.16. The third-order valence-electron chi connectivity index (χ3n) is 3.16. The van der Waals surface area contributed by atoms with E-state index in [4.69, 9.17) is 4.74 Å². The zero-order valence-electron chi connectivity index (χ0n) is 8.47. The molecule has 3 atom stereocenters. The summed E-state index contributed by atoms with van der Waals surface area (Å²) in [6, 6.07) is 0.642. The lowest BCUT2D eigenvalue weighted by Crippen LogP contribution is -2.35. The van der Waals surface area contributed by atoms with Crippen molar-refractivity contribution in [2.45, 2.75) is 44.8 Å². The average molecular weight is 171 g/mol. The van der Waals surface area contributed by atoms with E-state index in [1.165, 1.54) is 25.7 Å². The van der Waals surface area contributed by atoms with Crippen LogP contribution in [0.25, 0.3) is 0 Å². The fourth-order valence-electron chi connectivity index (χ4n) is 2.08. The molecule has 0 aromatic heterocycles. The number of hydrogen-bond acceptors (Lipinski definition) is 2.